The van der Waals surface area contributed by atoms with Crippen LogP contribution in [0.4, 0.5) is 0 Å². The Morgan fingerprint density at radius 3 is 2.39 bits per heavy atom. The van der Waals surface area contributed by atoms with Gasteiger partial charge in [0, 0.05) is 25.1 Å². The van der Waals surface area contributed by atoms with Gasteiger partial charge in [0.15, 0.2) is 0 Å². The molecule has 202 valence electrons. The first kappa shape index (κ1) is 28.8. The number of carbonyl (C=O) groups excluding carboxylic acids is 2. The average Bonchev–Trinajstić information content (AvgIpc) is 2.87. The molecule has 0 spiro atoms. The zero-order chi connectivity index (χ0) is 27.7. The second-order valence-corrected chi connectivity index (χ2v) is 10.6. The molecule has 0 saturated heterocycles. The summed E-state index contributed by atoms with van der Waals surface area (Å²) in [6, 6.07) is 15.7. The van der Waals surface area contributed by atoms with Gasteiger partial charge < -0.3 is 24.9 Å². The first-order valence-corrected chi connectivity index (χ1v) is 13.5. The maximum atomic E-state index is 12.8. The number of ether oxygens (including phenoxy) is 1. The number of sulfonamides is 1. The van der Waals surface area contributed by atoms with Gasteiger partial charge in [0.1, 0.15) is 16.9 Å². The normalized spacial score (nSPS) is 12.3. The Bertz CT molecular complexity index is 1410. The summed E-state index contributed by atoms with van der Waals surface area (Å²) in [7, 11) is -0.354. The van der Waals surface area contributed by atoms with E-state index < -0.39 is 28.5 Å². The van der Waals surface area contributed by atoms with Crippen molar-refractivity contribution in [3.63, 3.8) is 0 Å². The van der Waals surface area contributed by atoms with Gasteiger partial charge in [-0.05, 0) is 48.6 Å². The molecule has 1 amide bonds. The Morgan fingerprint density at radius 1 is 1.03 bits per heavy atom. The van der Waals surface area contributed by atoms with E-state index in [1.807, 2.05) is 49.3 Å². The van der Waals surface area contributed by atoms with E-state index in [0.717, 1.165) is 22.9 Å². The van der Waals surface area contributed by atoms with Crippen molar-refractivity contribution in [2.24, 2.45) is 0 Å². The number of hydrogen-bond donors (Lipinski definition) is 3. The summed E-state index contributed by atoms with van der Waals surface area (Å²) in [5, 5.41) is 13.5. The fraction of sp³-hybridized carbons (Fsp3) is 0.296. The number of aliphatic carboxylic acids is 1. The van der Waals surface area contributed by atoms with Crippen LogP contribution in [0.2, 0.25) is 0 Å². The molecule has 0 aliphatic rings. The highest BCUT2D eigenvalue weighted by Crippen LogP contribution is 2.26. The lowest BCUT2D eigenvalue weighted by molar-refractivity contribution is -0.138. The van der Waals surface area contributed by atoms with Crippen LogP contribution in [0.25, 0.3) is 10.8 Å². The monoisotopic (exact) mass is 541 g/mol. The maximum absolute atomic E-state index is 12.8. The first-order valence-electron chi connectivity index (χ1n) is 12.0. The molecule has 38 heavy (non-hydrogen) atoms. The summed E-state index contributed by atoms with van der Waals surface area (Å²) in [5.41, 5.74) is 1.49. The number of carboxylic acid groups (broad SMARTS) is 1. The summed E-state index contributed by atoms with van der Waals surface area (Å²) in [4.78, 5) is 36.6. The van der Waals surface area contributed by atoms with Gasteiger partial charge in [-0.3, -0.25) is 9.59 Å². The quantitative estimate of drug-likeness (QED) is 0.263. The number of rotatable bonds is 14. The number of likely N-dealkylation sites (N-methyl/N-ethyl adjacent to an activating group) is 1. The number of benzene rings is 3. The molecule has 3 aromatic carbocycles. The Labute approximate surface area is 221 Å². The van der Waals surface area contributed by atoms with Crippen LogP contribution in [0.5, 0.6) is 5.75 Å². The van der Waals surface area contributed by atoms with Crippen molar-refractivity contribution < 1.29 is 32.6 Å². The topological polar surface area (TPSA) is 142 Å². The molecule has 0 fully saturated rings. The fourth-order valence-electron chi connectivity index (χ4n) is 3.90. The second-order valence-electron chi connectivity index (χ2n) is 8.88. The van der Waals surface area contributed by atoms with Crippen molar-refractivity contribution in [2.75, 3.05) is 33.8 Å². The number of aldehydes is 1. The molecule has 0 radical (unpaired) electrons. The lowest BCUT2D eigenvalue weighted by Crippen LogP contribution is -2.37. The fourth-order valence-corrected chi connectivity index (χ4v) is 5.21. The average molecular weight is 542 g/mol. The van der Waals surface area contributed by atoms with E-state index in [1.165, 1.54) is 18.2 Å². The number of hydrogen-bond acceptors (Lipinski definition) is 7. The Hall–Kier alpha value is -3.80. The molecular weight excluding hydrogens is 510 g/mol. The van der Waals surface area contributed by atoms with Gasteiger partial charge in [-0.15, -0.1) is 0 Å². The standard InChI is InChI=1S/C27H31N3O7S/c1-30(2)15-14-28-27(34)23-12-11-19(21-7-3-4-8-22(21)23)13-16-37-24-9-5-6-10-25(24)38(35,36)29-20(18-31)17-26(32)33/h3-12,18,20,29H,13-17H2,1-2H3,(H,28,34)(H,32,33)/t20-/m0/s1. The van der Waals surface area contributed by atoms with Crippen molar-refractivity contribution in [3.8, 4) is 5.75 Å². The predicted octanol–water partition coefficient (Wildman–Crippen LogP) is 2.07. The minimum Gasteiger partial charge on any atom is -0.492 e. The van der Waals surface area contributed by atoms with Gasteiger partial charge in [-0.2, -0.15) is 0 Å². The molecule has 3 N–H and O–H groups in total. The van der Waals surface area contributed by atoms with Crippen molar-refractivity contribution in [3.05, 3.63) is 71.8 Å². The predicted molar refractivity (Wildman–Crippen MR) is 143 cm³/mol. The zero-order valence-corrected chi connectivity index (χ0v) is 22.0. The molecule has 0 aliphatic carbocycles. The number of para-hydroxylation sites is 1. The van der Waals surface area contributed by atoms with Crippen LogP contribution in [0.3, 0.4) is 0 Å². The van der Waals surface area contributed by atoms with Crippen LogP contribution in [-0.2, 0) is 26.0 Å². The SMILES string of the molecule is CN(C)CCNC(=O)c1ccc(CCOc2ccccc2S(=O)(=O)N[C@H](C=O)CC(=O)O)c2ccccc12. The zero-order valence-electron chi connectivity index (χ0n) is 21.2. The van der Waals surface area contributed by atoms with E-state index in [2.05, 4.69) is 10.0 Å². The third-order valence-corrected chi connectivity index (χ3v) is 7.27. The lowest BCUT2D eigenvalue weighted by atomic mass is 9.97. The molecule has 11 heteroatoms. The molecule has 10 nitrogen and oxygen atoms in total. The second kappa shape index (κ2) is 13.1. The Morgan fingerprint density at radius 2 is 1.71 bits per heavy atom. The van der Waals surface area contributed by atoms with E-state index in [1.54, 1.807) is 12.1 Å². The Kier molecular flexibility index (Phi) is 9.94. The number of amides is 1. The van der Waals surface area contributed by atoms with Crippen molar-refractivity contribution in [1.29, 1.82) is 0 Å². The molecular formula is C27H31N3O7S. The van der Waals surface area contributed by atoms with Crippen LogP contribution < -0.4 is 14.8 Å². The Balaban J connectivity index is 1.75. The van der Waals surface area contributed by atoms with Crippen molar-refractivity contribution >= 4 is 39.0 Å². The summed E-state index contributed by atoms with van der Waals surface area (Å²) in [5.74, 6) is -1.39. The van der Waals surface area contributed by atoms with Gasteiger partial charge >= 0.3 is 5.97 Å². The maximum Gasteiger partial charge on any atom is 0.305 e. The highest BCUT2D eigenvalue weighted by molar-refractivity contribution is 7.89. The number of carboxylic acids is 1. The molecule has 0 unspecified atom stereocenters. The van der Waals surface area contributed by atoms with E-state index in [9.17, 15) is 22.8 Å². The largest absolute Gasteiger partial charge is 0.492 e. The van der Waals surface area contributed by atoms with E-state index >= 15 is 0 Å². The highest BCUT2D eigenvalue weighted by Gasteiger charge is 2.25. The van der Waals surface area contributed by atoms with Gasteiger partial charge in [-0.25, -0.2) is 13.1 Å². The van der Waals surface area contributed by atoms with Crippen LogP contribution in [-0.4, -0.2) is 76.4 Å². The van der Waals surface area contributed by atoms with E-state index in [0.29, 0.717) is 18.5 Å². The van der Waals surface area contributed by atoms with Crippen LogP contribution in [0.1, 0.15) is 22.3 Å². The molecule has 0 aliphatic heterocycles. The van der Waals surface area contributed by atoms with Gasteiger partial charge in [0.05, 0.1) is 19.1 Å². The van der Waals surface area contributed by atoms with E-state index in [-0.39, 0.29) is 29.4 Å². The molecule has 0 bridgehead atoms. The van der Waals surface area contributed by atoms with Crippen molar-refractivity contribution in [2.45, 2.75) is 23.8 Å². The lowest BCUT2D eigenvalue weighted by Gasteiger charge is -2.16. The minimum absolute atomic E-state index is 0.0705. The molecule has 3 rings (SSSR count). The third-order valence-electron chi connectivity index (χ3n) is 5.74. The summed E-state index contributed by atoms with van der Waals surface area (Å²) >= 11 is 0. The third kappa shape index (κ3) is 7.60. The molecule has 0 aromatic heterocycles. The smallest absolute Gasteiger partial charge is 0.305 e. The summed E-state index contributed by atoms with van der Waals surface area (Å²) < 4.78 is 33.6. The number of fused-ring (bicyclic) bond motifs is 1. The van der Waals surface area contributed by atoms with Gasteiger partial charge in [0.2, 0.25) is 10.0 Å². The van der Waals surface area contributed by atoms with Gasteiger partial charge in [-0.1, -0.05) is 42.5 Å². The van der Waals surface area contributed by atoms with Crippen molar-refractivity contribution in [1.82, 2.24) is 14.9 Å². The summed E-state index contributed by atoms with van der Waals surface area (Å²) in [6.45, 7) is 1.38. The van der Waals surface area contributed by atoms with Crippen LogP contribution in [0, 0.1) is 0 Å². The molecule has 0 heterocycles. The molecule has 0 saturated carbocycles. The number of nitrogens with one attached hydrogen (secondary N) is 2. The highest BCUT2D eigenvalue weighted by atomic mass is 32.2. The molecule has 1 atom stereocenters. The minimum atomic E-state index is -4.22. The molecule has 3 aromatic rings. The first-order chi connectivity index (χ1) is 18.1. The summed E-state index contributed by atoms with van der Waals surface area (Å²) in [6.07, 6.45) is -0.00421. The number of nitrogens with zero attached hydrogens (tertiary/aromatic N) is 1. The number of carbonyl (C=O) groups is 3. The van der Waals surface area contributed by atoms with Crippen LogP contribution in [0.15, 0.2) is 65.6 Å². The van der Waals surface area contributed by atoms with Gasteiger partial charge in [0.25, 0.3) is 5.91 Å². The van der Waals surface area contributed by atoms with E-state index in [4.69, 9.17) is 9.84 Å². The van der Waals surface area contributed by atoms with Crippen LogP contribution >= 0.6 is 0 Å².